The van der Waals surface area contributed by atoms with Crippen LogP contribution in [0.5, 0.6) is 17.2 Å². The smallest absolute Gasteiger partial charge is 0.335 e. The zero-order chi connectivity index (χ0) is 20.6. The summed E-state index contributed by atoms with van der Waals surface area (Å²) in [6.07, 6.45) is 14.1. The van der Waals surface area contributed by atoms with E-state index in [1.165, 1.54) is 24.0 Å². The summed E-state index contributed by atoms with van der Waals surface area (Å²) in [7, 11) is 0. The van der Waals surface area contributed by atoms with Crippen molar-refractivity contribution in [1.29, 1.82) is 0 Å². The topological polar surface area (TPSA) is 98.0 Å². The second-order valence-electron chi connectivity index (χ2n) is 7.61. The molecule has 0 aromatic heterocycles. The van der Waals surface area contributed by atoms with Gasteiger partial charge in [-0.1, -0.05) is 49.3 Å². The summed E-state index contributed by atoms with van der Waals surface area (Å²) in [5, 5.41) is 35.0. The average molecular weight is 374 g/mol. The Kier molecular flexibility index (Phi) is 8.16. The second-order valence-corrected chi connectivity index (χ2v) is 7.61. The van der Waals surface area contributed by atoms with E-state index in [4.69, 9.17) is 20.4 Å². The van der Waals surface area contributed by atoms with Crippen molar-refractivity contribution in [3.63, 3.8) is 0 Å². The van der Waals surface area contributed by atoms with Gasteiger partial charge in [-0.15, -0.1) is 0 Å². The Hall–Kier alpha value is -2.69. The number of phenolic OH excluding ortho intramolecular Hbond substituents is 3. The molecule has 4 N–H and O–H groups in total. The minimum absolute atomic E-state index is 0.289. The molecule has 1 aromatic carbocycles. The Balaban J connectivity index is 0.000000277. The third kappa shape index (κ3) is 8.03. The van der Waals surface area contributed by atoms with Crippen LogP contribution in [0.2, 0.25) is 0 Å². The zero-order valence-electron chi connectivity index (χ0n) is 16.5. The summed E-state index contributed by atoms with van der Waals surface area (Å²) in [6, 6.07) is 1.69. The monoisotopic (exact) mass is 374 g/mol. The van der Waals surface area contributed by atoms with E-state index in [2.05, 4.69) is 52.0 Å². The molecule has 0 heterocycles. The van der Waals surface area contributed by atoms with Crippen molar-refractivity contribution in [2.24, 2.45) is 5.41 Å². The van der Waals surface area contributed by atoms with Gasteiger partial charge in [-0.25, -0.2) is 4.79 Å². The van der Waals surface area contributed by atoms with Crippen LogP contribution in [0.4, 0.5) is 0 Å². The Morgan fingerprint density at radius 3 is 2.15 bits per heavy atom. The molecule has 27 heavy (non-hydrogen) atoms. The molecule has 0 fully saturated rings. The molecular formula is C22H30O5. The highest BCUT2D eigenvalue weighted by molar-refractivity contribution is 5.89. The van der Waals surface area contributed by atoms with Crippen molar-refractivity contribution >= 4 is 5.97 Å². The lowest BCUT2D eigenvalue weighted by molar-refractivity contribution is 0.0696. The predicted molar refractivity (Wildman–Crippen MR) is 107 cm³/mol. The maximum absolute atomic E-state index is 10.3. The Morgan fingerprint density at radius 1 is 1.00 bits per heavy atom. The zero-order valence-corrected chi connectivity index (χ0v) is 16.5. The fourth-order valence-corrected chi connectivity index (χ4v) is 2.53. The van der Waals surface area contributed by atoms with Gasteiger partial charge in [-0.3, -0.25) is 0 Å². The first-order valence-electron chi connectivity index (χ1n) is 8.99. The SMILES string of the molecule is CC1=CCCC(C)=CCC(C)(C)C=CC1.O=C(O)c1cc(O)c(O)c(O)c1. The normalized spacial score (nSPS) is 16.9. The third-order valence-electron chi connectivity index (χ3n) is 4.33. The molecule has 0 atom stereocenters. The van der Waals surface area contributed by atoms with Crippen molar-refractivity contribution in [3.05, 3.63) is 53.1 Å². The van der Waals surface area contributed by atoms with Crippen LogP contribution in [-0.2, 0) is 0 Å². The van der Waals surface area contributed by atoms with Crippen molar-refractivity contribution < 1.29 is 25.2 Å². The summed E-state index contributed by atoms with van der Waals surface area (Å²) in [5.74, 6) is -3.33. The molecule has 2 rings (SSSR count). The minimum atomic E-state index is -1.29. The number of aromatic hydroxyl groups is 3. The predicted octanol–water partition coefficient (Wildman–Crippen LogP) is 5.54. The summed E-state index contributed by atoms with van der Waals surface area (Å²) in [6.45, 7) is 9.10. The molecule has 0 aliphatic heterocycles. The molecule has 0 unspecified atom stereocenters. The summed E-state index contributed by atoms with van der Waals surface area (Å²) in [5.41, 5.74) is 3.05. The number of aromatic carboxylic acids is 1. The number of carbonyl (C=O) groups is 1. The van der Waals surface area contributed by atoms with Crippen molar-refractivity contribution in [2.75, 3.05) is 0 Å². The molecule has 0 bridgehead atoms. The molecule has 5 heteroatoms. The van der Waals surface area contributed by atoms with Crippen LogP contribution >= 0.6 is 0 Å². The minimum Gasteiger partial charge on any atom is -0.504 e. The standard InChI is InChI=1S/C15H24.C7H6O5/c1-13-7-5-8-14(2)10-12-15(3,4)11-6-9-13;8-4-1-3(7(11)12)2-5(9)6(4)10/h6-7,10-11H,5,8-9,12H2,1-4H3;1-2,8-10H,(H,11,12). The van der Waals surface area contributed by atoms with Gasteiger partial charge in [0.15, 0.2) is 17.2 Å². The average Bonchev–Trinajstić information content (AvgIpc) is 2.59. The third-order valence-corrected chi connectivity index (χ3v) is 4.33. The molecule has 0 spiro atoms. The van der Waals surface area contributed by atoms with Gasteiger partial charge in [0.25, 0.3) is 0 Å². The van der Waals surface area contributed by atoms with E-state index < -0.39 is 23.2 Å². The fraction of sp³-hybridized carbons (Fsp3) is 0.409. The Morgan fingerprint density at radius 2 is 1.59 bits per heavy atom. The summed E-state index contributed by atoms with van der Waals surface area (Å²) < 4.78 is 0. The molecule has 1 aromatic rings. The van der Waals surface area contributed by atoms with Gasteiger partial charge in [0.05, 0.1) is 5.56 Å². The van der Waals surface area contributed by atoms with Crippen LogP contribution in [0.15, 0.2) is 47.6 Å². The maximum Gasteiger partial charge on any atom is 0.335 e. The number of carboxylic acids is 1. The molecule has 148 valence electrons. The van der Waals surface area contributed by atoms with Crippen molar-refractivity contribution in [1.82, 2.24) is 0 Å². The van der Waals surface area contributed by atoms with Crippen LogP contribution in [0, 0.1) is 5.41 Å². The Bertz CT molecular complexity index is 731. The van der Waals surface area contributed by atoms with Gasteiger partial charge in [-0.05, 0) is 57.1 Å². The quantitative estimate of drug-likeness (QED) is 0.382. The van der Waals surface area contributed by atoms with Crippen LogP contribution < -0.4 is 0 Å². The molecule has 0 amide bonds. The van der Waals surface area contributed by atoms with Gasteiger partial charge in [0.2, 0.25) is 0 Å². The van der Waals surface area contributed by atoms with E-state index in [0.717, 1.165) is 25.0 Å². The number of hydrogen-bond donors (Lipinski definition) is 4. The largest absolute Gasteiger partial charge is 0.504 e. The number of hydrogen-bond acceptors (Lipinski definition) is 4. The van der Waals surface area contributed by atoms with E-state index in [1.54, 1.807) is 0 Å². The molecule has 0 saturated heterocycles. The van der Waals surface area contributed by atoms with E-state index in [9.17, 15) is 4.79 Å². The lowest BCUT2D eigenvalue weighted by Crippen LogP contribution is -2.05. The molecule has 0 radical (unpaired) electrons. The van der Waals surface area contributed by atoms with E-state index in [0.29, 0.717) is 5.41 Å². The van der Waals surface area contributed by atoms with Crippen molar-refractivity contribution in [3.8, 4) is 17.2 Å². The first-order chi connectivity index (χ1) is 12.5. The summed E-state index contributed by atoms with van der Waals surface area (Å²) >= 11 is 0. The maximum atomic E-state index is 10.3. The highest BCUT2D eigenvalue weighted by atomic mass is 16.4. The van der Waals surface area contributed by atoms with Crippen LogP contribution in [0.3, 0.4) is 0 Å². The lowest BCUT2D eigenvalue weighted by Gasteiger charge is -2.18. The van der Waals surface area contributed by atoms with E-state index in [1.807, 2.05) is 0 Å². The number of phenols is 3. The molecule has 0 saturated carbocycles. The number of rotatable bonds is 1. The van der Waals surface area contributed by atoms with Crippen LogP contribution in [-0.4, -0.2) is 26.4 Å². The van der Waals surface area contributed by atoms with Gasteiger partial charge >= 0.3 is 5.97 Å². The summed E-state index contributed by atoms with van der Waals surface area (Å²) in [4.78, 5) is 10.3. The van der Waals surface area contributed by atoms with Gasteiger partial charge in [0, 0.05) is 0 Å². The first-order valence-corrected chi connectivity index (χ1v) is 8.99. The fourth-order valence-electron chi connectivity index (χ4n) is 2.53. The van der Waals surface area contributed by atoms with E-state index >= 15 is 0 Å². The number of allylic oxidation sites excluding steroid dienone is 6. The van der Waals surface area contributed by atoms with Crippen molar-refractivity contribution in [2.45, 2.75) is 53.4 Å². The van der Waals surface area contributed by atoms with Gasteiger partial charge in [0.1, 0.15) is 0 Å². The van der Waals surface area contributed by atoms with Gasteiger partial charge in [-0.2, -0.15) is 0 Å². The number of benzene rings is 1. The highest BCUT2D eigenvalue weighted by Gasteiger charge is 2.12. The van der Waals surface area contributed by atoms with Crippen LogP contribution in [0.1, 0.15) is 63.7 Å². The Labute approximate surface area is 161 Å². The second kappa shape index (κ2) is 9.86. The number of carboxylic acid groups (broad SMARTS) is 1. The lowest BCUT2D eigenvalue weighted by atomic mass is 9.87. The van der Waals surface area contributed by atoms with E-state index in [-0.39, 0.29) is 5.56 Å². The highest BCUT2D eigenvalue weighted by Crippen LogP contribution is 2.35. The van der Waals surface area contributed by atoms with Crippen LogP contribution in [0.25, 0.3) is 0 Å². The molecule has 1 aliphatic carbocycles. The van der Waals surface area contributed by atoms with Gasteiger partial charge < -0.3 is 20.4 Å². The molecule has 1 aliphatic rings. The molecular weight excluding hydrogens is 344 g/mol. The first kappa shape index (κ1) is 22.4. The molecule has 5 nitrogen and oxygen atoms in total.